The van der Waals surface area contributed by atoms with Crippen molar-refractivity contribution in [2.24, 2.45) is 0 Å². The van der Waals surface area contributed by atoms with Crippen LogP contribution < -0.4 is 10.1 Å². The average molecular weight is 275 g/mol. The summed E-state index contributed by atoms with van der Waals surface area (Å²) in [4.78, 5) is 4.31. The normalized spacial score (nSPS) is 10.9. The van der Waals surface area contributed by atoms with Crippen molar-refractivity contribution in [3.8, 4) is 5.75 Å². The van der Waals surface area contributed by atoms with E-state index in [-0.39, 0.29) is 0 Å². The second-order valence-electron chi connectivity index (χ2n) is 4.92. The molecule has 108 valence electrons. The van der Waals surface area contributed by atoms with E-state index < -0.39 is 0 Å². The predicted molar refractivity (Wildman–Crippen MR) is 76.5 cm³/mol. The zero-order valence-electron chi connectivity index (χ0n) is 12.0. The molecule has 1 aromatic heterocycles. The number of rotatable bonds is 8. The van der Waals surface area contributed by atoms with Gasteiger partial charge in [0.05, 0.1) is 0 Å². The monoisotopic (exact) mass is 275 g/mol. The zero-order valence-corrected chi connectivity index (χ0v) is 12.0. The molecule has 0 aliphatic heterocycles. The summed E-state index contributed by atoms with van der Waals surface area (Å²) in [6.45, 7) is 5.55. The van der Waals surface area contributed by atoms with Crippen LogP contribution in [0.1, 0.15) is 32.0 Å². The Morgan fingerprint density at radius 3 is 2.80 bits per heavy atom. The molecule has 2 rings (SSSR count). The third kappa shape index (κ3) is 5.01. The number of para-hydroxylation sites is 1. The van der Waals surface area contributed by atoms with Crippen molar-refractivity contribution in [3.63, 3.8) is 0 Å². The molecule has 5 heteroatoms. The van der Waals surface area contributed by atoms with Gasteiger partial charge in [-0.15, -0.1) is 0 Å². The van der Waals surface area contributed by atoms with Crippen LogP contribution in [0, 0.1) is 0 Å². The minimum Gasteiger partial charge on any atom is -0.485 e. The lowest BCUT2D eigenvalue weighted by Gasteiger charge is -2.05. The van der Waals surface area contributed by atoms with Crippen molar-refractivity contribution >= 4 is 0 Å². The van der Waals surface area contributed by atoms with Gasteiger partial charge in [0.25, 0.3) is 0 Å². The topological polar surface area (TPSA) is 60.2 Å². The Balaban J connectivity index is 1.72. The molecule has 0 aliphatic rings. The predicted octanol–water partition coefficient (Wildman–Crippen LogP) is 2.58. The molecule has 0 saturated carbocycles. The van der Waals surface area contributed by atoms with E-state index >= 15 is 0 Å². The summed E-state index contributed by atoms with van der Waals surface area (Å²) in [5.74, 6) is 2.06. The molecule has 20 heavy (non-hydrogen) atoms. The smallest absolute Gasteiger partial charge is 0.226 e. The average Bonchev–Trinajstić information content (AvgIpc) is 2.90. The van der Waals surface area contributed by atoms with Gasteiger partial charge < -0.3 is 14.6 Å². The molecule has 0 aliphatic carbocycles. The highest BCUT2D eigenvalue weighted by Crippen LogP contribution is 2.10. The Labute approximate surface area is 119 Å². The first kappa shape index (κ1) is 14.5. The van der Waals surface area contributed by atoms with Crippen LogP contribution >= 0.6 is 0 Å². The van der Waals surface area contributed by atoms with Crippen LogP contribution in [0.25, 0.3) is 0 Å². The number of nitrogens with zero attached hydrogens (tertiary/aromatic N) is 2. The molecule has 1 heterocycles. The molecule has 0 bridgehead atoms. The van der Waals surface area contributed by atoms with Gasteiger partial charge in [-0.1, -0.05) is 37.2 Å². The van der Waals surface area contributed by atoms with Crippen LogP contribution in [-0.2, 0) is 13.0 Å². The summed E-state index contributed by atoms with van der Waals surface area (Å²) < 4.78 is 10.8. The molecule has 0 fully saturated rings. The molecule has 1 N–H and O–H groups in total. The van der Waals surface area contributed by atoms with Crippen LogP contribution in [0.3, 0.4) is 0 Å². The molecule has 0 amide bonds. The van der Waals surface area contributed by atoms with E-state index in [0.717, 1.165) is 25.1 Å². The zero-order chi connectivity index (χ0) is 14.2. The lowest BCUT2D eigenvalue weighted by atomic mass is 10.3. The highest BCUT2D eigenvalue weighted by Gasteiger charge is 2.06. The Bertz CT molecular complexity index is 497. The molecule has 0 atom stereocenters. The van der Waals surface area contributed by atoms with Gasteiger partial charge in [0.15, 0.2) is 6.61 Å². The minimum absolute atomic E-state index is 0.331. The molecule has 0 saturated heterocycles. The summed E-state index contributed by atoms with van der Waals surface area (Å²) in [6.07, 6.45) is 1.78. The van der Waals surface area contributed by atoms with Gasteiger partial charge in [-0.25, -0.2) is 0 Å². The fourth-order valence-corrected chi connectivity index (χ4v) is 1.75. The lowest BCUT2D eigenvalue weighted by molar-refractivity contribution is 0.285. The fourth-order valence-electron chi connectivity index (χ4n) is 1.75. The fraction of sp³-hybridized carbons (Fsp3) is 0.467. The lowest BCUT2D eigenvalue weighted by Crippen LogP contribution is -2.23. The van der Waals surface area contributed by atoms with Crippen LogP contribution in [0.2, 0.25) is 0 Å². The highest BCUT2D eigenvalue weighted by atomic mass is 16.5. The molecule has 2 aromatic rings. The van der Waals surface area contributed by atoms with Crippen molar-refractivity contribution in [1.82, 2.24) is 15.5 Å². The molecule has 0 unspecified atom stereocenters. The van der Waals surface area contributed by atoms with E-state index in [4.69, 9.17) is 9.26 Å². The third-order valence-corrected chi connectivity index (χ3v) is 2.74. The van der Waals surface area contributed by atoms with Crippen LogP contribution in [0.5, 0.6) is 5.75 Å². The Morgan fingerprint density at radius 2 is 2.05 bits per heavy atom. The number of nitrogens with one attached hydrogen (secondary N) is 1. The molecular weight excluding hydrogens is 254 g/mol. The Hall–Kier alpha value is -1.88. The number of hydrogen-bond donors (Lipinski definition) is 1. The number of aryl methyl sites for hydroxylation is 1. The molecule has 1 aromatic carbocycles. The van der Waals surface area contributed by atoms with Crippen LogP contribution in [-0.4, -0.2) is 22.7 Å². The maximum Gasteiger partial charge on any atom is 0.226 e. The standard InChI is InChI=1S/C15H21N3O2/c1-12(2)16-10-6-9-15-17-14(18-20-15)11-19-13-7-4-3-5-8-13/h3-5,7-8,12,16H,6,9-11H2,1-2H3. The van der Waals surface area contributed by atoms with Gasteiger partial charge in [0.1, 0.15) is 5.75 Å². The largest absolute Gasteiger partial charge is 0.485 e. The van der Waals surface area contributed by atoms with Gasteiger partial charge in [0, 0.05) is 12.5 Å². The summed E-state index contributed by atoms with van der Waals surface area (Å²) >= 11 is 0. The van der Waals surface area contributed by atoms with Crippen molar-refractivity contribution < 1.29 is 9.26 Å². The van der Waals surface area contributed by atoms with Gasteiger partial charge >= 0.3 is 0 Å². The number of benzene rings is 1. The first-order chi connectivity index (χ1) is 9.74. The van der Waals surface area contributed by atoms with E-state index in [0.29, 0.717) is 24.4 Å². The SMILES string of the molecule is CC(C)NCCCc1nc(COc2ccccc2)no1. The van der Waals surface area contributed by atoms with Crippen molar-refractivity contribution in [2.75, 3.05) is 6.54 Å². The summed E-state index contributed by atoms with van der Waals surface area (Å²) in [5.41, 5.74) is 0. The summed E-state index contributed by atoms with van der Waals surface area (Å²) in [6, 6.07) is 10.1. The third-order valence-electron chi connectivity index (χ3n) is 2.74. The number of ether oxygens (including phenoxy) is 1. The number of aromatic nitrogens is 2. The van der Waals surface area contributed by atoms with Gasteiger partial charge in [-0.05, 0) is 25.1 Å². The van der Waals surface area contributed by atoms with E-state index in [1.165, 1.54) is 0 Å². The molecule has 0 spiro atoms. The summed E-state index contributed by atoms with van der Waals surface area (Å²) in [5, 5.41) is 7.27. The Kier molecular flexibility index (Phi) is 5.55. The van der Waals surface area contributed by atoms with E-state index in [1.54, 1.807) is 0 Å². The molecular formula is C15H21N3O2. The van der Waals surface area contributed by atoms with E-state index in [2.05, 4.69) is 29.3 Å². The van der Waals surface area contributed by atoms with Crippen LogP contribution in [0.4, 0.5) is 0 Å². The quantitative estimate of drug-likeness (QED) is 0.750. The minimum atomic E-state index is 0.331. The van der Waals surface area contributed by atoms with Crippen molar-refractivity contribution in [2.45, 2.75) is 39.3 Å². The van der Waals surface area contributed by atoms with Crippen molar-refractivity contribution in [1.29, 1.82) is 0 Å². The van der Waals surface area contributed by atoms with Gasteiger partial charge in [-0.3, -0.25) is 0 Å². The highest BCUT2D eigenvalue weighted by molar-refractivity contribution is 5.20. The van der Waals surface area contributed by atoms with Crippen LogP contribution in [0.15, 0.2) is 34.9 Å². The van der Waals surface area contributed by atoms with Crippen molar-refractivity contribution in [3.05, 3.63) is 42.0 Å². The maximum absolute atomic E-state index is 5.57. The molecule has 5 nitrogen and oxygen atoms in total. The Morgan fingerprint density at radius 1 is 1.25 bits per heavy atom. The second kappa shape index (κ2) is 7.65. The first-order valence-electron chi connectivity index (χ1n) is 6.97. The summed E-state index contributed by atoms with van der Waals surface area (Å²) in [7, 11) is 0. The maximum atomic E-state index is 5.57. The first-order valence-corrected chi connectivity index (χ1v) is 6.97. The second-order valence-corrected chi connectivity index (χ2v) is 4.92. The number of hydrogen-bond acceptors (Lipinski definition) is 5. The van der Waals surface area contributed by atoms with E-state index in [1.807, 2.05) is 30.3 Å². The van der Waals surface area contributed by atoms with Gasteiger partial charge in [0.2, 0.25) is 11.7 Å². The van der Waals surface area contributed by atoms with Gasteiger partial charge in [-0.2, -0.15) is 4.98 Å². The molecule has 0 radical (unpaired) electrons. The van der Waals surface area contributed by atoms with E-state index in [9.17, 15) is 0 Å².